The summed E-state index contributed by atoms with van der Waals surface area (Å²) in [6.45, 7) is 3.51. The number of methoxy groups -OCH3 is 2. The van der Waals surface area contributed by atoms with Crippen LogP contribution in [-0.4, -0.2) is 38.1 Å². The van der Waals surface area contributed by atoms with E-state index in [2.05, 4.69) is 5.32 Å². The third-order valence-corrected chi connectivity index (χ3v) is 5.18. The number of carbonyl (C=O) groups is 3. The maximum atomic E-state index is 13.5. The highest BCUT2D eigenvalue weighted by molar-refractivity contribution is 5.94. The van der Waals surface area contributed by atoms with E-state index in [0.29, 0.717) is 0 Å². The minimum atomic E-state index is -1.04. The largest absolute Gasteiger partial charge is 0.469 e. The molecule has 0 heterocycles. The lowest BCUT2D eigenvalue weighted by molar-refractivity contribution is -0.149. The fourth-order valence-electron chi connectivity index (χ4n) is 3.28. The molecule has 0 unspecified atom stereocenters. The van der Waals surface area contributed by atoms with Crippen molar-refractivity contribution >= 4 is 17.8 Å². The van der Waals surface area contributed by atoms with Gasteiger partial charge in [0.05, 0.1) is 26.1 Å². The Morgan fingerprint density at radius 3 is 1.79 bits per heavy atom. The van der Waals surface area contributed by atoms with Gasteiger partial charge in [-0.3, -0.25) is 9.59 Å². The highest BCUT2D eigenvalue weighted by atomic mass is 16.5. The molecule has 1 N–H and O–H groups in total. The fourth-order valence-corrected chi connectivity index (χ4v) is 3.28. The van der Waals surface area contributed by atoms with Gasteiger partial charge in [0.2, 0.25) is 5.91 Å². The average Bonchev–Trinajstić information content (AvgIpc) is 2.77. The summed E-state index contributed by atoms with van der Waals surface area (Å²) in [6.07, 6.45) is -0.0239. The van der Waals surface area contributed by atoms with E-state index >= 15 is 0 Å². The highest BCUT2D eigenvalue weighted by Gasteiger charge is 2.40. The topological polar surface area (TPSA) is 81.7 Å². The first-order chi connectivity index (χ1) is 13.8. The van der Waals surface area contributed by atoms with E-state index < -0.39 is 29.3 Å². The van der Waals surface area contributed by atoms with E-state index in [0.717, 1.165) is 11.1 Å². The lowest BCUT2D eigenvalue weighted by Gasteiger charge is -2.32. The van der Waals surface area contributed by atoms with E-state index in [1.807, 2.05) is 67.6 Å². The van der Waals surface area contributed by atoms with Gasteiger partial charge in [0.1, 0.15) is 6.04 Å². The van der Waals surface area contributed by atoms with Gasteiger partial charge in [0, 0.05) is 0 Å². The monoisotopic (exact) mass is 397 g/mol. The van der Waals surface area contributed by atoms with E-state index in [1.165, 1.54) is 14.2 Å². The summed E-state index contributed by atoms with van der Waals surface area (Å²) in [4.78, 5) is 37.6. The van der Waals surface area contributed by atoms with Crippen molar-refractivity contribution in [3.63, 3.8) is 0 Å². The van der Waals surface area contributed by atoms with Gasteiger partial charge in [0.15, 0.2) is 0 Å². The van der Waals surface area contributed by atoms with Crippen LogP contribution < -0.4 is 5.32 Å². The molecule has 2 aromatic carbocycles. The molecule has 0 bridgehead atoms. The van der Waals surface area contributed by atoms with Crippen LogP contribution in [0.25, 0.3) is 0 Å². The molecule has 0 spiro atoms. The molecule has 0 aliphatic carbocycles. The molecule has 0 radical (unpaired) electrons. The van der Waals surface area contributed by atoms with E-state index in [9.17, 15) is 14.4 Å². The number of hydrogen-bond acceptors (Lipinski definition) is 5. The minimum absolute atomic E-state index is 0.0239. The third kappa shape index (κ3) is 5.02. The molecule has 2 atom stereocenters. The molecular formula is C23H27NO5. The fraction of sp³-hybridized carbons (Fsp3) is 0.348. The number of hydrogen-bond donors (Lipinski definition) is 1. The number of nitrogens with one attached hydrogen (secondary N) is 1. The summed E-state index contributed by atoms with van der Waals surface area (Å²) in [5, 5.41) is 2.81. The third-order valence-electron chi connectivity index (χ3n) is 5.18. The Balaban J connectivity index is 2.42. The van der Waals surface area contributed by atoms with Crippen molar-refractivity contribution in [2.24, 2.45) is 5.92 Å². The number of carbonyl (C=O) groups excluding carboxylic acids is 3. The molecule has 0 fully saturated rings. The summed E-state index contributed by atoms with van der Waals surface area (Å²) in [5.74, 6) is -1.94. The van der Waals surface area contributed by atoms with Gasteiger partial charge in [-0.25, -0.2) is 4.79 Å². The highest BCUT2D eigenvalue weighted by Crippen LogP contribution is 2.32. The van der Waals surface area contributed by atoms with Crippen molar-refractivity contribution in [2.45, 2.75) is 31.7 Å². The van der Waals surface area contributed by atoms with E-state index in [1.54, 1.807) is 6.92 Å². The number of esters is 2. The molecule has 2 rings (SSSR count). The molecule has 0 aliphatic rings. The summed E-state index contributed by atoms with van der Waals surface area (Å²) in [5.41, 5.74) is 0.528. The van der Waals surface area contributed by atoms with Crippen LogP contribution in [0.5, 0.6) is 0 Å². The first-order valence-corrected chi connectivity index (χ1v) is 9.41. The number of benzene rings is 2. The molecule has 1 amide bonds. The Bertz CT molecular complexity index is 795. The maximum Gasteiger partial charge on any atom is 0.328 e. The normalized spacial score (nSPS) is 13.1. The van der Waals surface area contributed by atoms with Gasteiger partial charge in [0.25, 0.3) is 0 Å². The molecule has 0 saturated carbocycles. The number of ether oxygens (including phenoxy) is 2. The quantitative estimate of drug-likeness (QED) is 0.693. The van der Waals surface area contributed by atoms with Crippen LogP contribution in [-0.2, 0) is 29.3 Å². The van der Waals surface area contributed by atoms with Crippen LogP contribution in [0.15, 0.2) is 60.7 Å². The number of rotatable bonds is 8. The summed E-state index contributed by atoms with van der Waals surface area (Å²) < 4.78 is 9.56. The van der Waals surface area contributed by atoms with Crippen molar-refractivity contribution in [2.75, 3.05) is 14.2 Å². The van der Waals surface area contributed by atoms with Crippen molar-refractivity contribution in [1.82, 2.24) is 5.32 Å². The SMILES string of the molecule is COC(=O)C[C@@H](C)[C@@H](NC(=O)C(C)(c1ccccc1)c1ccccc1)C(=O)OC. The molecule has 6 nitrogen and oxygen atoms in total. The average molecular weight is 397 g/mol. The zero-order valence-corrected chi connectivity index (χ0v) is 17.2. The molecule has 0 aliphatic heterocycles. The predicted octanol–water partition coefficient (Wildman–Crippen LogP) is 2.85. The Hall–Kier alpha value is -3.15. The predicted molar refractivity (Wildman–Crippen MR) is 109 cm³/mol. The van der Waals surface area contributed by atoms with Crippen LogP contribution in [0, 0.1) is 5.92 Å². The molecule has 6 heteroatoms. The van der Waals surface area contributed by atoms with Crippen molar-refractivity contribution in [3.05, 3.63) is 71.8 Å². The standard InChI is InChI=1S/C23H27NO5/c1-16(15-19(25)28-3)20(21(26)29-4)24-22(27)23(2,17-11-7-5-8-12-17)18-13-9-6-10-14-18/h5-14,16,20H,15H2,1-4H3,(H,24,27)/t16-,20-/m1/s1. The zero-order valence-electron chi connectivity index (χ0n) is 17.2. The lowest BCUT2D eigenvalue weighted by Crippen LogP contribution is -2.53. The van der Waals surface area contributed by atoms with Crippen LogP contribution in [0.4, 0.5) is 0 Å². The van der Waals surface area contributed by atoms with Gasteiger partial charge in [-0.15, -0.1) is 0 Å². The molecule has 154 valence electrons. The second-order valence-electron chi connectivity index (χ2n) is 7.09. The Morgan fingerprint density at radius 2 is 1.38 bits per heavy atom. The molecular weight excluding hydrogens is 370 g/mol. The van der Waals surface area contributed by atoms with Gasteiger partial charge >= 0.3 is 11.9 Å². The van der Waals surface area contributed by atoms with Gasteiger partial charge in [-0.2, -0.15) is 0 Å². The lowest BCUT2D eigenvalue weighted by atomic mass is 9.75. The number of amides is 1. The smallest absolute Gasteiger partial charge is 0.328 e. The maximum absolute atomic E-state index is 13.5. The van der Waals surface area contributed by atoms with Crippen LogP contribution in [0.1, 0.15) is 31.4 Å². The molecule has 29 heavy (non-hydrogen) atoms. The molecule has 0 aromatic heterocycles. The first-order valence-electron chi connectivity index (χ1n) is 9.41. The van der Waals surface area contributed by atoms with Crippen molar-refractivity contribution < 1.29 is 23.9 Å². The Morgan fingerprint density at radius 1 is 0.897 bits per heavy atom. The van der Waals surface area contributed by atoms with Crippen LogP contribution in [0.2, 0.25) is 0 Å². The molecule has 2 aromatic rings. The van der Waals surface area contributed by atoms with Crippen LogP contribution >= 0.6 is 0 Å². The zero-order chi connectivity index (χ0) is 21.4. The summed E-state index contributed by atoms with van der Waals surface area (Å²) >= 11 is 0. The second kappa shape index (κ2) is 9.87. The van der Waals surface area contributed by atoms with Crippen LogP contribution in [0.3, 0.4) is 0 Å². The van der Waals surface area contributed by atoms with E-state index in [-0.39, 0.29) is 12.3 Å². The Labute approximate surface area is 171 Å². The van der Waals surface area contributed by atoms with Gasteiger partial charge < -0.3 is 14.8 Å². The second-order valence-corrected chi connectivity index (χ2v) is 7.09. The summed E-state index contributed by atoms with van der Waals surface area (Å²) in [7, 11) is 2.53. The van der Waals surface area contributed by atoms with Gasteiger partial charge in [-0.1, -0.05) is 67.6 Å². The Kier molecular flexibility index (Phi) is 7.53. The van der Waals surface area contributed by atoms with Gasteiger partial charge in [-0.05, 0) is 24.0 Å². The van der Waals surface area contributed by atoms with E-state index in [4.69, 9.17) is 9.47 Å². The van der Waals surface area contributed by atoms with Crippen molar-refractivity contribution in [3.8, 4) is 0 Å². The van der Waals surface area contributed by atoms with Crippen molar-refractivity contribution in [1.29, 1.82) is 0 Å². The first kappa shape index (κ1) is 22.1. The summed E-state index contributed by atoms with van der Waals surface area (Å²) in [6, 6.07) is 17.7. The minimum Gasteiger partial charge on any atom is -0.469 e. The molecule has 0 saturated heterocycles.